The Bertz CT molecular complexity index is 752. The highest BCUT2D eigenvalue weighted by Crippen LogP contribution is 2.24. The van der Waals surface area contributed by atoms with Gasteiger partial charge in [-0.2, -0.15) is 0 Å². The van der Waals surface area contributed by atoms with Gasteiger partial charge in [-0.1, -0.05) is 59.4 Å². The van der Waals surface area contributed by atoms with Gasteiger partial charge >= 0.3 is 5.69 Å². The molecule has 112 valence electrons. The van der Waals surface area contributed by atoms with Crippen LogP contribution in [0, 0.1) is 0 Å². The van der Waals surface area contributed by atoms with Gasteiger partial charge in [0.25, 0.3) is 5.56 Å². The lowest BCUT2D eigenvalue weighted by Crippen LogP contribution is -2.36. The van der Waals surface area contributed by atoms with Crippen molar-refractivity contribution in [3.8, 4) is 11.1 Å². The first-order chi connectivity index (χ1) is 10.0. The number of nitrogens with zero attached hydrogens (tertiary/aromatic N) is 1. The molecule has 2 aromatic rings. The lowest BCUT2D eigenvalue weighted by Gasteiger charge is -2.09. The molecule has 2 rings (SSSR count). The quantitative estimate of drug-likeness (QED) is 0.642. The van der Waals surface area contributed by atoms with Crippen molar-refractivity contribution in [2.75, 3.05) is 0 Å². The SMILES string of the molecule is CCCCCn1c(=O)[nH]c(Cl)c(-c2cccc(Br)c2)c1=O. The first-order valence-electron chi connectivity index (χ1n) is 6.83. The molecule has 0 aliphatic heterocycles. The van der Waals surface area contributed by atoms with Gasteiger partial charge in [0, 0.05) is 11.0 Å². The fraction of sp³-hybridized carbons (Fsp3) is 0.333. The maximum Gasteiger partial charge on any atom is 0.329 e. The van der Waals surface area contributed by atoms with Gasteiger partial charge in [-0.15, -0.1) is 0 Å². The second kappa shape index (κ2) is 7.09. The summed E-state index contributed by atoms with van der Waals surface area (Å²) in [5, 5.41) is 0.0786. The van der Waals surface area contributed by atoms with E-state index in [4.69, 9.17) is 11.6 Å². The second-order valence-electron chi connectivity index (χ2n) is 4.79. The summed E-state index contributed by atoms with van der Waals surface area (Å²) in [4.78, 5) is 27.0. The zero-order chi connectivity index (χ0) is 15.4. The summed E-state index contributed by atoms with van der Waals surface area (Å²) in [6.07, 6.45) is 2.79. The van der Waals surface area contributed by atoms with Crippen LogP contribution in [0.15, 0.2) is 38.3 Å². The average Bonchev–Trinajstić information content (AvgIpc) is 2.42. The average molecular weight is 372 g/mol. The molecule has 0 saturated heterocycles. The third kappa shape index (κ3) is 3.66. The zero-order valence-corrected chi connectivity index (χ0v) is 14.0. The van der Waals surface area contributed by atoms with Crippen molar-refractivity contribution < 1.29 is 0 Å². The lowest BCUT2D eigenvalue weighted by atomic mass is 10.1. The highest BCUT2D eigenvalue weighted by atomic mass is 79.9. The van der Waals surface area contributed by atoms with Crippen LogP contribution in [0.25, 0.3) is 11.1 Å². The molecule has 1 heterocycles. The molecule has 0 saturated carbocycles. The number of unbranched alkanes of at least 4 members (excludes halogenated alkanes) is 2. The monoisotopic (exact) mass is 370 g/mol. The standard InChI is InChI=1S/C15H16BrClN2O2/c1-2-3-4-8-19-14(20)12(13(17)18-15(19)21)10-6-5-7-11(16)9-10/h5-7,9H,2-4,8H2,1H3,(H,18,21). The molecule has 0 bridgehead atoms. The fourth-order valence-corrected chi connectivity index (χ4v) is 2.83. The van der Waals surface area contributed by atoms with Gasteiger partial charge in [0.2, 0.25) is 0 Å². The molecule has 6 heteroatoms. The molecular weight excluding hydrogens is 356 g/mol. The van der Waals surface area contributed by atoms with E-state index in [-0.39, 0.29) is 10.7 Å². The molecule has 0 atom stereocenters. The molecule has 1 aromatic carbocycles. The van der Waals surface area contributed by atoms with Crippen molar-refractivity contribution in [1.29, 1.82) is 0 Å². The Morgan fingerprint density at radius 2 is 2.05 bits per heavy atom. The van der Waals surface area contributed by atoms with Crippen LogP contribution in [-0.4, -0.2) is 9.55 Å². The van der Waals surface area contributed by atoms with E-state index in [0.717, 1.165) is 23.7 Å². The minimum Gasteiger partial charge on any atom is -0.297 e. The predicted molar refractivity (Wildman–Crippen MR) is 89.0 cm³/mol. The first kappa shape index (κ1) is 16.0. The van der Waals surface area contributed by atoms with Crippen molar-refractivity contribution in [1.82, 2.24) is 9.55 Å². The predicted octanol–water partition coefficient (Wildman–Crippen LogP) is 3.81. The first-order valence-corrected chi connectivity index (χ1v) is 8.00. The van der Waals surface area contributed by atoms with Crippen LogP contribution in [0.3, 0.4) is 0 Å². The number of benzene rings is 1. The van der Waals surface area contributed by atoms with Gasteiger partial charge in [-0.3, -0.25) is 14.3 Å². The highest BCUT2D eigenvalue weighted by Gasteiger charge is 2.14. The van der Waals surface area contributed by atoms with Crippen LogP contribution in [0.5, 0.6) is 0 Å². The summed E-state index contributed by atoms with van der Waals surface area (Å²) in [7, 11) is 0. The van der Waals surface area contributed by atoms with Gasteiger partial charge < -0.3 is 0 Å². The minimum absolute atomic E-state index is 0.0786. The molecule has 0 aliphatic rings. The molecule has 0 fully saturated rings. The Labute approximate surface area is 135 Å². The molecule has 0 aliphatic carbocycles. The Kier molecular flexibility index (Phi) is 5.42. The van der Waals surface area contributed by atoms with Crippen LogP contribution < -0.4 is 11.2 Å². The number of nitrogens with one attached hydrogen (secondary N) is 1. The van der Waals surface area contributed by atoms with Gasteiger partial charge in [0.15, 0.2) is 0 Å². The Morgan fingerprint density at radius 1 is 1.29 bits per heavy atom. The molecule has 4 nitrogen and oxygen atoms in total. The molecule has 0 unspecified atom stereocenters. The van der Waals surface area contributed by atoms with Crippen molar-refractivity contribution >= 4 is 27.5 Å². The minimum atomic E-state index is -0.458. The van der Waals surface area contributed by atoms with Crippen LogP contribution in [-0.2, 0) is 6.54 Å². The van der Waals surface area contributed by atoms with Crippen LogP contribution in [0.4, 0.5) is 0 Å². The van der Waals surface area contributed by atoms with Gasteiger partial charge in [0.1, 0.15) is 5.15 Å². The van der Waals surface area contributed by atoms with E-state index in [0.29, 0.717) is 17.7 Å². The van der Waals surface area contributed by atoms with Crippen molar-refractivity contribution in [3.05, 3.63) is 54.7 Å². The number of halogens is 2. The molecule has 0 amide bonds. The Hall–Kier alpha value is -1.33. The smallest absolute Gasteiger partial charge is 0.297 e. The maximum atomic E-state index is 12.6. The summed E-state index contributed by atoms with van der Waals surface area (Å²) >= 11 is 9.44. The lowest BCUT2D eigenvalue weighted by molar-refractivity contribution is 0.564. The number of aromatic amines is 1. The molecule has 0 spiro atoms. The summed E-state index contributed by atoms with van der Waals surface area (Å²) < 4.78 is 2.07. The largest absolute Gasteiger partial charge is 0.329 e. The number of hydrogen-bond acceptors (Lipinski definition) is 2. The summed E-state index contributed by atoms with van der Waals surface area (Å²) in [5.41, 5.74) is 0.201. The zero-order valence-electron chi connectivity index (χ0n) is 11.7. The van der Waals surface area contributed by atoms with Crippen LogP contribution >= 0.6 is 27.5 Å². The third-order valence-corrected chi connectivity index (χ3v) is 4.02. The van der Waals surface area contributed by atoms with Gasteiger partial charge in [-0.05, 0) is 24.1 Å². The van der Waals surface area contributed by atoms with Gasteiger partial charge in [0.05, 0.1) is 5.56 Å². The molecule has 1 N–H and O–H groups in total. The topological polar surface area (TPSA) is 54.9 Å². The maximum absolute atomic E-state index is 12.6. The highest BCUT2D eigenvalue weighted by molar-refractivity contribution is 9.10. The summed E-state index contributed by atoms with van der Waals surface area (Å²) in [5.74, 6) is 0. The second-order valence-corrected chi connectivity index (χ2v) is 6.09. The van der Waals surface area contributed by atoms with E-state index in [9.17, 15) is 9.59 Å². The van der Waals surface area contributed by atoms with E-state index in [1.807, 2.05) is 12.1 Å². The molecule has 1 aromatic heterocycles. The summed E-state index contributed by atoms with van der Waals surface area (Å²) in [6, 6.07) is 7.28. The van der Waals surface area contributed by atoms with E-state index >= 15 is 0 Å². The number of H-pyrrole nitrogens is 1. The van der Waals surface area contributed by atoms with E-state index < -0.39 is 5.69 Å². The van der Waals surface area contributed by atoms with Crippen molar-refractivity contribution in [3.63, 3.8) is 0 Å². The van der Waals surface area contributed by atoms with E-state index in [2.05, 4.69) is 27.8 Å². The molecular formula is C15H16BrClN2O2. The van der Waals surface area contributed by atoms with Gasteiger partial charge in [-0.25, -0.2) is 4.79 Å². The fourth-order valence-electron chi connectivity index (χ4n) is 2.16. The Balaban J connectivity index is 2.54. The van der Waals surface area contributed by atoms with Crippen molar-refractivity contribution in [2.45, 2.75) is 32.7 Å². The number of rotatable bonds is 5. The van der Waals surface area contributed by atoms with Crippen molar-refractivity contribution in [2.24, 2.45) is 0 Å². The number of aromatic nitrogens is 2. The molecule has 0 radical (unpaired) electrons. The van der Waals surface area contributed by atoms with E-state index in [1.165, 1.54) is 4.57 Å². The Morgan fingerprint density at radius 3 is 2.71 bits per heavy atom. The van der Waals surface area contributed by atoms with E-state index in [1.54, 1.807) is 12.1 Å². The number of hydrogen-bond donors (Lipinski definition) is 1. The third-order valence-electron chi connectivity index (χ3n) is 3.24. The van der Waals surface area contributed by atoms with Crippen LogP contribution in [0.2, 0.25) is 5.15 Å². The summed E-state index contributed by atoms with van der Waals surface area (Å²) in [6.45, 7) is 2.47. The molecule has 21 heavy (non-hydrogen) atoms. The van der Waals surface area contributed by atoms with Crippen LogP contribution in [0.1, 0.15) is 26.2 Å². The normalized spacial score (nSPS) is 10.8.